The summed E-state index contributed by atoms with van der Waals surface area (Å²) in [6, 6.07) is 12.4. The standard InChI is InChI=1S/C25H30FN3O2S2/c1-18-5-4-14-28(16-18)33(30,31)22-12-13-24-23(15-22)27-25(29(24)21-6-2-3-7-21)32-17-19-8-10-20(26)11-9-19/h8-13,15,18,21H,2-7,14,16-17H2,1H3. The molecule has 1 unspecified atom stereocenters. The molecule has 0 amide bonds. The molecule has 2 heterocycles. The van der Waals surface area contributed by atoms with Crippen LogP contribution in [0.5, 0.6) is 0 Å². The van der Waals surface area contributed by atoms with Crippen LogP contribution in [0, 0.1) is 11.7 Å². The van der Waals surface area contributed by atoms with Crippen LogP contribution in [0.25, 0.3) is 11.0 Å². The van der Waals surface area contributed by atoms with E-state index >= 15 is 0 Å². The van der Waals surface area contributed by atoms with Gasteiger partial charge in [-0.15, -0.1) is 0 Å². The Morgan fingerprint density at radius 1 is 1.06 bits per heavy atom. The van der Waals surface area contributed by atoms with E-state index in [2.05, 4.69) is 11.5 Å². The fraction of sp³-hybridized carbons (Fsp3) is 0.480. The summed E-state index contributed by atoms with van der Waals surface area (Å²) >= 11 is 1.63. The summed E-state index contributed by atoms with van der Waals surface area (Å²) < 4.78 is 43.8. The number of benzene rings is 2. The second kappa shape index (κ2) is 9.39. The van der Waals surface area contributed by atoms with Gasteiger partial charge < -0.3 is 4.57 Å². The zero-order valence-electron chi connectivity index (χ0n) is 18.9. The minimum atomic E-state index is -3.53. The summed E-state index contributed by atoms with van der Waals surface area (Å²) in [5.41, 5.74) is 2.76. The van der Waals surface area contributed by atoms with E-state index in [4.69, 9.17) is 4.98 Å². The van der Waals surface area contributed by atoms with Gasteiger partial charge in [-0.3, -0.25) is 0 Å². The number of aromatic nitrogens is 2. The molecule has 176 valence electrons. The lowest BCUT2D eigenvalue weighted by Gasteiger charge is -2.30. The van der Waals surface area contributed by atoms with E-state index in [9.17, 15) is 12.8 Å². The van der Waals surface area contributed by atoms with Gasteiger partial charge in [0.2, 0.25) is 10.0 Å². The molecule has 3 aromatic rings. The van der Waals surface area contributed by atoms with E-state index in [1.165, 1.54) is 25.0 Å². The van der Waals surface area contributed by atoms with E-state index < -0.39 is 10.0 Å². The first-order valence-corrected chi connectivity index (χ1v) is 14.2. The van der Waals surface area contributed by atoms with Crippen LogP contribution in [-0.2, 0) is 15.8 Å². The lowest BCUT2D eigenvalue weighted by Crippen LogP contribution is -2.39. The van der Waals surface area contributed by atoms with Crippen LogP contribution in [0.3, 0.4) is 0 Å². The van der Waals surface area contributed by atoms with Crippen molar-refractivity contribution in [2.75, 3.05) is 13.1 Å². The third-order valence-electron chi connectivity index (χ3n) is 6.86. The Balaban J connectivity index is 1.48. The highest BCUT2D eigenvalue weighted by Gasteiger charge is 2.30. The van der Waals surface area contributed by atoms with Crippen molar-refractivity contribution in [3.8, 4) is 0 Å². The molecule has 0 spiro atoms. The molecule has 0 bridgehead atoms. The van der Waals surface area contributed by atoms with Crippen molar-refractivity contribution in [3.63, 3.8) is 0 Å². The zero-order valence-corrected chi connectivity index (χ0v) is 20.5. The van der Waals surface area contributed by atoms with Crippen molar-refractivity contribution in [3.05, 3.63) is 53.8 Å². The predicted octanol–water partition coefficient (Wildman–Crippen LogP) is 6.00. The van der Waals surface area contributed by atoms with Gasteiger partial charge in [0.1, 0.15) is 5.82 Å². The highest BCUT2D eigenvalue weighted by molar-refractivity contribution is 7.98. The van der Waals surface area contributed by atoms with Crippen molar-refractivity contribution in [1.82, 2.24) is 13.9 Å². The molecule has 1 saturated carbocycles. The summed E-state index contributed by atoms with van der Waals surface area (Å²) in [5, 5.41) is 0.905. The molecular formula is C25H30FN3O2S2. The zero-order chi connectivity index (χ0) is 23.0. The molecule has 8 heteroatoms. The molecule has 1 aromatic heterocycles. The van der Waals surface area contributed by atoms with Crippen LogP contribution in [0.15, 0.2) is 52.5 Å². The summed E-state index contributed by atoms with van der Waals surface area (Å²) in [4.78, 5) is 5.22. The number of rotatable bonds is 6. The van der Waals surface area contributed by atoms with Crippen molar-refractivity contribution in [1.29, 1.82) is 0 Å². The van der Waals surface area contributed by atoms with Crippen LogP contribution in [0.2, 0.25) is 0 Å². The summed E-state index contributed by atoms with van der Waals surface area (Å²) in [5.74, 6) is 0.833. The Morgan fingerprint density at radius 3 is 2.55 bits per heavy atom. The van der Waals surface area contributed by atoms with E-state index in [1.54, 1.807) is 40.3 Å². The van der Waals surface area contributed by atoms with Crippen LogP contribution >= 0.6 is 11.8 Å². The van der Waals surface area contributed by atoms with Crippen LogP contribution in [0.4, 0.5) is 4.39 Å². The van der Waals surface area contributed by atoms with Gasteiger partial charge in [0.25, 0.3) is 0 Å². The second-order valence-electron chi connectivity index (χ2n) is 9.38. The monoisotopic (exact) mass is 487 g/mol. The molecule has 5 rings (SSSR count). The third-order valence-corrected chi connectivity index (χ3v) is 9.74. The number of sulfonamides is 1. The van der Waals surface area contributed by atoms with Crippen LogP contribution in [0.1, 0.15) is 57.1 Å². The second-order valence-corrected chi connectivity index (χ2v) is 12.3. The number of hydrogen-bond donors (Lipinski definition) is 0. The van der Waals surface area contributed by atoms with Gasteiger partial charge in [-0.2, -0.15) is 4.31 Å². The lowest BCUT2D eigenvalue weighted by atomic mass is 10.0. The van der Waals surface area contributed by atoms with Crippen molar-refractivity contribution in [2.24, 2.45) is 5.92 Å². The van der Waals surface area contributed by atoms with Gasteiger partial charge in [-0.1, -0.05) is 43.7 Å². The summed E-state index contributed by atoms with van der Waals surface area (Å²) in [6.07, 6.45) is 6.61. The fourth-order valence-corrected chi connectivity index (χ4v) is 7.73. The van der Waals surface area contributed by atoms with E-state index in [-0.39, 0.29) is 5.82 Å². The van der Waals surface area contributed by atoms with Crippen molar-refractivity contribution in [2.45, 2.75) is 67.3 Å². The first-order valence-electron chi connectivity index (χ1n) is 11.8. The Bertz CT molecular complexity index is 1230. The van der Waals surface area contributed by atoms with Gasteiger partial charge in [0, 0.05) is 24.9 Å². The Labute approximate surface area is 199 Å². The van der Waals surface area contributed by atoms with Crippen molar-refractivity contribution < 1.29 is 12.8 Å². The highest BCUT2D eigenvalue weighted by Crippen LogP contribution is 2.38. The van der Waals surface area contributed by atoms with Gasteiger partial charge in [-0.25, -0.2) is 17.8 Å². The largest absolute Gasteiger partial charge is 0.316 e. The SMILES string of the molecule is CC1CCCN(S(=O)(=O)c2ccc3c(c2)nc(SCc2ccc(F)cc2)n3C2CCCC2)C1. The number of nitrogens with zero attached hydrogens (tertiary/aromatic N) is 3. The normalized spacial score (nSPS) is 20.6. The maximum Gasteiger partial charge on any atom is 0.243 e. The molecule has 2 fully saturated rings. The Kier molecular flexibility index (Phi) is 6.51. The number of piperidine rings is 1. The molecule has 1 aliphatic heterocycles. The average molecular weight is 488 g/mol. The molecule has 2 aromatic carbocycles. The van der Waals surface area contributed by atoms with Crippen LogP contribution < -0.4 is 0 Å². The first-order chi connectivity index (χ1) is 15.9. The van der Waals surface area contributed by atoms with Gasteiger partial charge in [0.05, 0.1) is 15.9 Å². The minimum absolute atomic E-state index is 0.237. The Hall–Kier alpha value is -1.90. The van der Waals surface area contributed by atoms with Crippen LogP contribution in [-0.4, -0.2) is 35.4 Å². The summed E-state index contributed by atoms with van der Waals surface area (Å²) in [6.45, 7) is 3.27. The first kappa shape index (κ1) is 22.9. The molecule has 5 nitrogen and oxygen atoms in total. The lowest BCUT2D eigenvalue weighted by molar-refractivity contribution is 0.281. The van der Waals surface area contributed by atoms with Crippen molar-refractivity contribution >= 4 is 32.8 Å². The minimum Gasteiger partial charge on any atom is -0.316 e. The topological polar surface area (TPSA) is 55.2 Å². The smallest absolute Gasteiger partial charge is 0.243 e. The van der Waals surface area contributed by atoms with E-state index in [0.29, 0.717) is 35.7 Å². The number of imidazole rings is 1. The maximum absolute atomic E-state index is 13.3. The molecule has 0 N–H and O–H groups in total. The highest BCUT2D eigenvalue weighted by atomic mass is 32.2. The average Bonchev–Trinajstić information content (AvgIpc) is 3.45. The number of hydrogen-bond acceptors (Lipinski definition) is 4. The maximum atomic E-state index is 13.3. The van der Waals surface area contributed by atoms with E-state index in [1.807, 2.05) is 6.07 Å². The Morgan fingerprint density at radius 2 is 1.82 bits per heavy atom. The molecule has 1 atom stereocenters. The van der Waals surface area contributed by atoms with Gasteiger partial charge >= 0.3 is 0 Å². The van der Waals surface area contributed by atoms with E-state index in [0.717, 1.165) is 47.4 Å². The number of thioether (sulfide) groups is 1. The molecule has 0 radical (unpaired) electrons. The van der Waals surface area contributed by atoms with Gasteiger partial charge in [0.15, 0.2) is 5.16 Å². The quantitative estimate of drug-likeness (QED) is 0.400. The molecule has 2 aliphatic rings. The molecule has 1 aliphatic carbocycles. The number of fused-ring (bicyclic) bond motifs is 1. The summed E-state index contributed by atoms with van der Waals surface area (Å²) in [7, 11) is -3.53. The molecule has 1 saturated heterocycles. The molecule has 33 heavy (non-hydrogen) atoms. The third kappa shape index (κ3) is 4.70. The predicted molar refractivity (Wildman–Crippen MR) is 130 cm³/mol. The van der Waals surface area contributed by atoms with Gasteiger partial charge in [-0.05, 0) is 67.5 Å². The number of halogens is 1. The molecular weight excluding hydrogens is 457 g/mol. The fourth-order valence-electron chi connectivity index (χ4n) is 5.08.